The van der Waals surface area contributed by atoms with Gasteiger partial charge in [0.2, 0.25) is 0 Å². The SMILES string of the molecule is N#Cc1c(N)c(C#N)c(C(F)(F)F)c(F)c1F. The van der Waals surface area contributed by atoms with Gasteiger partial charge >= 0.3 is 6.18 Å². The zero-order chi connectivity index (χ0) is 13.4. The summed E-state index contributed by atoms with van der Waals surface area (Å²) in [4.78, 5) is 0. The van der Waals surface area contributed by atoms with Crippen LogP contribution in [0.3, 0.4) is 0 Å². The van der Waals surface area contributed by atoms with Gasteiger partial charge < -0.3 is 5.73 Å². The summed E-state index contributed by atoms with van der Waals surface area (Å²) in [6.07, 6.45) is -5.28. The molecule has 0 saturated heterocycles. The second-order valence-corrected chi connectivity index (χ2v) is 2.89. The second-order valence-electron chi connectivity index (χ2n) is 2.89. The molecule has 0 aromatic heterocycles. The predicted molar refractivity (Wildman–Crippen MR) is 45.2 cm³/mol. The molecule has 0 amide bonds. The number of anilines is 1. The molecule has 3 nitrogen and oxygen atoms in total. The molecular formula is C9H2F5N3. The van der Waals surface area contributed by atoms with Crippen molar-refractivity contribution in [2.45, 2.75) is 6.18 Å². The molecule has 0 saturated carbocycles. The van der Waals surface area contributed by atoms with E-state index in [1.807, 2.05) is 0 Å². The van der Waals surface area contributed by atoms with Crippen LogP contribution in [0.2, 0.25) is 0 Å². The number of rotatable bonds is 0. The largest absolute Gasteiger partial charge is 0.420 e. The van der Waals surface area contributed by atoms with E-state index < -0.39 is 40.2 Å². The fourth-order valence-electron chi connectivity index (χ4n) is 1.20. The fraction of sp³-hybridized carbons (Fsp3) is 0.111. The first-order valence-electron chi connectivity index (χ1n) is 3.93. The lowest BCUT2D eigenvalue weighted by molar-refractivity contribution is -0.140. The van der Waals surface area contributed by atoms with Crippen LogP contribution in [0.4, 0.5) is 27.6 Å². The number of nitrogen functional groups attached to an aromatic ring is 1. The van der Waals surface area contributed by atoms with Crippen molar-refractivity contribution in [2.24, 2.45) is 0 Å². The van der Waals surface area contributed by atoms with Gasteiger partial charge in [-0.15, -0.1) is 0 Å². The van der Waals surface area contributed by atoms with E-state index in [4.69, 9.17) is 16.3 Å². The average Bonchev–Trinajstić information content (AvgIpc) is 2.22. The Morgan fingerprint density at radius 2 is 1.41 bits per heavy atom. The topological polar surface area (TPSA) is 73.6 Å². The molecule has 8 heteroatoms. The minimum Gasteiger partial charge on any atom is -0.396 e. The van der Waals surface area contributed by atoms with Crippen molar-refractivity contribution in [3.8, 4) is 12.1 Å². The lowest BCUT2D eigenvalue weighted by atomic mass is 10.0. The van der Waals surface area contributed by atoms with Crippen molar-refractivity contribution >= 4 is 5.69 Å². The molecule has 0 heterocycles. The van der Waals surface area contributed by atoms with Crippen molar-refractivity contribution in [3.63, 3.8) is 0 Å². The molecule has 1 rings (SSSR count). The third kappa shape index (κ3) is 1.85. The summed E-state index contributed by atoms with van der Waals surface area (Å²) in [5.41, 5.74) is -0.526. The molecule has 2 N–H and O–H groups in total. The summed E-state index contributed by atoms with van der Waals surface area (Å²) in [5, 5.41) is 16.9. The van der Waals surface area contributed by atoms with Gasteiger partial charge in [0.15, 0.2) is 11.6 Å². The van der Waals surface area contributed by atoms with Gasteiger partial charge in [0.05, 0.1) is 11.3 Å². The second kappa shape index (κ2) is 3.91. The highest BCUT2D eigenvalue weighted by Gasteiger charge is 2.41. The molecule has 88 valence electrons. The maximum Gasteiger partial charge on any atom is 0.420 e. The fourth-order valence-corrected chi connectivity index (χ4v) is 1.20. The molecule has 0 bridgehead atoms. The van der Waals surface area contributed by atoms with Gasteiger partial charge in [-0.2, -0.15) is 23.7 Å². The molecule has 0 aliphatic heterocycles. The van der Waals surface area contributed by atoms with Gasteiger partial charge in [0, 0.05) is 0 Å². The number of nitrogens with two attached hydrogens (primary N) is 1. The highest BCUT2D eigenvalue weighted by molar-refractivity contribution is 5.67. The van der Waals surface area contributed by atoms with Gasteiger partial charge in [-0.1, -0.05) is 0 Å². The van der Waals surface area contributed by atoms with Gasteiger partial charge in [0.25, 0.3) is 0 Å². The van der Waals surface area contributed by atoms with Crippen molar-refractivity contribution < 1.29 is 22.0 Å². The maximum absolute atomic E-state index is 13.1. The van der Waals surface area contributed by atoms with Crippen molar-refractivity contribution in [1.82, 2.24) is 0 Å². The van der Waals surface area contributed by atoms with E-state index in [0.29, 0.717) is 0 Å². The minimum absolute atomic E-state index is 1.01. The molecule has 0 spiro atoms. The lowest BCUT2D eigenvalue weighted by Gasteiger charge is -2.13. The molecule has 1 aromatic carbocycles. The molecule has 0 aliphatic carbocycles. The Kier molecular flexibility index (Phi) is 2.92. The first kappa shape index (κ1) is 12.7. The standard InChI is InChI=1S/C9H2F5N3/c10-6-4(2-16)8(17)3(1-15)5(7(6)11)9(12,13)14/h17H2. The van der Waals surface area contributed by atoms with Crippen LogP contribution in [-0.2, 0) is 6.18 Å². The van der Waals surface area contributed by atoms with Crippen LogP contribution in [-0.4, -0.2) is 0 Å². The number of alkyl halides is 3. The molecule has 0 atom stereocenters. The first-order chi connectivity index (χ1) is 7.75. The van der Waals surface area contributed by atoms with Crippen LogP contribution in [0.5, 0.6) is 0 Å². The molecular weight excluding hydrogens is 245 g/mol. The predicted octanol–water partition coefficient (Wildman–Crippen LogP) is 2.31. The maximum atomic E-state index is 13.1. The summed E-state index contributed by atoms with van der Waals surface area (Å²) < 4.78 is 63.4. The summed E-state index contributed by atoms with van der Waals surface area (Å²) in [5.74, 6) is -4.32. The van der Waals surface area contributed by atoms with Crippen LogP contribution >= 0.6 is 0 Å². The Morgan fingerprint density at radius 3 is 1.76 bits per heavy atom. The van der Waals surface area contributed by atoms with Crippen molar-refractivity contribution in [2.75, 3.05) is 5.73 Å². The Bertz CT molecular complexity index is 562. The number of nitriles is 2. The van der Waals surface area contributed by atoms with Gasteiger partial charge in [0.1, 0.15) is 23.3 Å². The number of benzene rings is 1. The number of hydrogen-bond donors (Lipinski definition) is 1. The monoisotopic (exact) mass is 247 g/mol. The number of hydrogen-bond acceptors (Lipinski definition) is 3. The Morgan fingerprint density at radius 1 is 0.941 bits per heavy atom. The highest BCUT2D eigenvalue weighted by atomic mass is 19.4. The summed E-state index contributed by atoms with van der Waals surface area (Å²) >= 11 is 0. The number of nitrogens with zero attached hydrogens (tertiary/aromatic N) is 2. The molecule has 1 aromatic rings. The molecule has 17 heavy (non-hydrogen) atoms. The highest BCUT2D eigenvalue weighted by Crippen LogP contribution is 2.38. The molecule has 0 fully saturated rings. The van der Waals surface area contributed by atoms with E-state index in [-0.39, 0.29) is 0 Å². The average molecular weight is 247 g/mol. The lowest BCUT2D eigenvalue weighted by Crippen LogP contribution is -2.16. The Balaban J connectivity index is 3.89. The van der Waals surface area contributed by atoms with Crippen LogP contribution in [0.25, 0.3) is 0 Å². The van der Waals surface area contributed by atoms with E-state index in [2.05, 4.69) is 0 Å². The molecule has 0 aliphatic rings. The van der Waals surface area contributed by atoms with Crippen LogP contribution in [0.15, 0.2) is 0 Å². The smallest absolute Gasteiger partial charge is 0.396 e. The number of halogens is 5. The van der Waals surface area contributed by atoms with Crippen molar-refractivity contribution in [1.29, 1.82) is 10.5 Å². The van der Waals surface area contributed by atoms with E-state index in [0.717, 1.165) is 12.1 Å². The molecule has 0 unspecified atom stereocenters. The summed E-state index contributed by atoms with van der Waals surface area (Å²) in [6, 6.07) is 2.11. The van der Waals surface area contributed by atoms with E-state index in [1.165, 1.54) is 0 Å². The Labute approximate surface area is 91.5 Å². The molecule has 0 radical (unpaired) electrons. The van der Waals surface area contributed by atoms with Gasteiger partial charge in [-0.3, -0.25) is 0 Å². The first-order valence-corrected chi connectivity index (χ1v) is 3.93. The third-order valence-electron chi connectivity index (χ3n) is 1.93. The third-order valence-corrected chi connectivity index (χ3v) is 1.93. The zero-order valence-corrected chi connectivity index (χ0v) is 7.86. The van der Waals surface area contributed by atoms with E-state index in [1.54, 1.807) is 0 Å². The quantitative estimate of drug-likeness (QED) is 0.564. The normalized spacial score (nSPS) is 10.8. The zero-order valence-electron chi connectivity index (χ0n) is 7.86. The Hall–Kier alpha value is -2.35. The van der Waals surface area contributed by atoms with Crippen LogP contribution in [0.1, 0.15) is 16.7 Å². The van der Waals surface area contributed by atoms with E-state index >= 15 is 0 Å². The minimum atomic E-state index is -5.28. The van der Waals surface area contributed by atoms with Crippen LogP contribution in [0, 0.1) is 34.3 Å². The summed E-state index contributed by atoms with van der Waals surface area (Å²) in [6.45, 7) is 0. The van der Waals surface area contributed by atoms with Crippen molar-refractivity contribution in [3.05, 3.63) is 28.3 Å². The van der Waals surface area contributed by atoms with Gasteiger partial charge in [-0.25, -0.2) is 8.78 Å². The van der Waals surface area contributed by atoms with E-state index in [9.17, 15) is 22.0 Å². The van der Waals surface area contributed by atoms with Gasteiger partial charge in [-0.05, 0) is 0 Å². The summed E-state index contributed by atoms with van der Waals surface area (Å²) in [7, 11) is 0. The van der Waals surface area contributed by atoms with Crippen LogP contribution < -0.4 is 5.73 Å².